The van der Waals surface area contributed by atoms with Gasteiger partial charge in [0.05, 0.1) is 4.90 Å². The number of aryl methyl sites for hydroxylation is 2. The lowest BCUT2D eigenvalue weighted by molar-refractivity contribution is 0.294. The molecule has 0 aliphatic heterocycles. The molecule has 1 unspecified atom stereocenters. The van der Waals surface area contributed by atoms with E-state index in [2.05, 4.69) is 4.72 Å². The Kier molecular flexibility index (Phi) is 4.85. The zero-order valence-corrected chi connectivity index (χ0v) is 13.9. The molecule has 1 fully saturated rings. The molecule has 0 saturated heterocycles. The second-order valence-corrected chi connectivity index (χ2v) is 8.36. The molecule has 2 aliphatic carbocycles. The molecule has 5 heteroatoms. The zero-order valence-electron chi connectivity index (χ0n) is 13.1. The maximum atomic E-state index is 12.7. The van der Waals surface area contributed by atoms with Crippen LogP contribution in [0, 0.1) is 5.92 Å². The van der Waals surface area contributed by atoms with Crippen molar-refractivity contribution in [2.75, 3.05) is 6.54 Å². The van der Waals surface area contributed by atoms with Crippen LogP contribution in [0.3, 0.4) is 0 Å². The summed E-state index contributed by atoms with van der Waals surface area (Å²) in [6.07, 6.45) is 8.95. The fraction of sp³-hybridized carbons (Fsp3) is 0.647. The molecular formula is C17H26N2O2S. The molecule has 3 rings (SSSR count). The molecule has 0 heterocycles. The van der Waals surface area contributed by atoms with Crippen LogP contribution in [0.25, 0.3) is 0 Å². The van der Waals surface area contributed by atoms with Gasteiger partial charge in [-0.25, -0.2) is 13.1 Å². The molecule has 0 aromatic heterocycles. The lowest BCUT2D eigenvalue weighted by atomic mass is 9.84. The fourth-order valence-electron chi connectivity index (χ4n) is 3.86. The molecule has 0 bridgehead atoms. The maximum Gasteiger partial charge on any atom is 0.240 e. The zero-order chi connectivity index (χ0) is 15.6. The molecule has 1 aromatic rings. The van der Waals surface area contributed by atoms with E-state index in [0.29, 0.717) is 17.4 Å². The van der Waals surface area contributed by atoms with Crippen molar-refractivity contribution in [3.8, 4) is 0 Å². The summed E-state index contributed by atoms with van der Waals surface area (Å²) in [5.41, 5.74) is 8.33. The molecule has 0 radical (unpaired) electrons. The minimum atomic E-state index is -3.47. The van der Waals surface area contributed by atoms with Crippen LogP contribution in [0.15, 0.2) is 23.1 Å². The van der Waals surface area contributed by atoms with Gasteiger partial charge in [-0.2, -0.15) is 0 Å². The summed E-state index contributed by atoms with van der Waals surface area (Å²) in [4.78, 5) is 0.391. The third kappa shape index (κ3) is 3.36. The van der Waals surface area contributed by atoms with Gasteiger partial charge in [0, 0.05) is 12.6 Å². The first-order valence-electron chi connectivity index (χ1n) is 8.44. The van der Waals surface area contributed by atoms with Crippen molar-refractivity contribution in [3.05, 3.63) is 29.3 Å². The molecule has 1 saturated carbocycles. The number of nitrogens with two attached hydrogens (primary N) is 1. The number of hydrogen-bond donors (Lipinski definition) is 2. The van der Waals surface area contributed by atoms with Crippen molar-refractivity contribution in [3.63, 3.8) is 0 Å². The lowest BCUT2D eigenvalue weighted by Gasteiger charge is -2.29. The van der Waals surface area contributed by atoms with Crippen molar-refractivity contribution < 1.29 is 8.42 Å². The molecule has 4 nitrogen and oxygen atoms in total. The van der Waals surface area contributed by atoms with E-state index in [4.69, 9.17) is 5.73 Å². The summed E-state index contributed by atoms with van der Waals surface area (Å²) >= 11 is 0. The van der Waals surface area contributed by atoms with Crippen LogP contribution in [0.1, 0.15) is 49.7 Å². The van der Waals surface area contributed by atoms with Crippen molar-refractivity contribution in [1.82, 2.24) is 4.72 Å². The Hall–Kier alpha value is -0.910. The molecule has 0 amide bonds. The summed E-state index contributed by atoms with van der Waals surface area (Å²) in [5, 5.41) is 0. The molecule has 3 N–H and O–H groups in total. The van der Waals surface area contributed by atoms with Crippen LogP contribution >= 0.6 is 0 Å². The highest BCUT2D eigenvalue weighted by molar-refractivity contribution is 7.89. The van der Waals surface area contributed by atoms with E-state index >= 15 is 0 Å². The number of hydrogen-bond acceptors (Lipinski definition) is 3. The van der Waals surface area contributed by atoms with Gasteiger partial charge < -0.3 is 5.73 Å². The third-order valence-electron chi connectivity index (χ3n) is 5.16. The topological polar surface area (TPSA) is 72.2 Å². The monoisotopic (exact) mass is 322 g/mol. The number of fused-ring (bicyclic) bond motifs is 1. The van der Waals surface area contributed by atoms with E-state index in [1.807, 2.05) is 12.1 Å². The van der Waals surface area contributed by atoms with Gasteiger partial charge in [0.25, 0.3) is 0 Å². The van der Waals surface area contributed by atoms with E-state index in [0.717, 1.165) is 32.1 Å². The van der Waals surface area contributed by atoms with E-state index < -0.39 is 10.0 Å². The first-order chi connectivity index (χ1) is 10.6. The fourth-order valence-corrected chi connectivity index (χ4v) is 5.22. The highest BCUT2D eigenvalue weighted by atomic mass is 32.2. The summed E-state index contributed by atoms with van der Waals surface area (Å²) in [7, 11) is -3.47. The second kappa shape index (κ2) is 6.69. The van der Waals surface area contributed by atoms with E-state index in [1.54, 1.807) is 6.07 Å². The summed E-state index contributed by atoms with van der Waals surface area (Å²) in [5.74, 6) is 0.378. The van der Waals surface area contributed by atoms with Gasteiger partial charge in [0.1, 0.15) is 0 Å². The van der Waals surface area contributed by atoms with Crippen LogP contribution in [0.2, 0.25) is 0 Å². The summed E-state index contributed by atoms with van der Waals surface area (Å²) in [6.45, 7) is 0.370. The number of sulfonamides is 1. The highest BCUT2D eigenvalue weighted by Crippen LogP contribution is 2.28. The predicted molar refractivity (Wildman–Crippen MR) is 88.2 cm³/mol. The SMILES string of the molecule is NCC(NS(=O)(=O)c1ccc2c(c1)CCC2)C1CCCCC1. The Labute approximate surface area is 133 Å². The standard InChI is InChI=1S/C17H26N2O2S/c18-12-17(14-5-2-1-3-6-14)19-22(20,21)16-10-9-13-7-4-8-15(13)11-16/h9-11,14,17,19H,1-8,12,18H2. The van der Waals surface area contributed by atoms with Crippen LogP contribution in [-0.2, 0) is 22.9 Å². The van der Waals surface area contributed by atoms with Crippen LogP contribution < -0.4 is 10.5 Å². The average Bonchev–Trinajstić information content (AvgIpc) is 3.01. The predicted octanol–water partition coefficient (Wildman–Crippen LogP) is 2.36. The van der Waals surface area contributed by atoms with Crippen molar-refractivity contribution in [1.29, 1.82) is 0 Å². The van der Waals surface area contributed by atoms with Crippen LogP contribution in [0.4, 0.5) is 0 Å². The molecule has 22 heavy (non-hydrogen) atoms. The van der Waals surface area contributed by atoms with Gasteiger partial charge in [-0.1, -0.05) is 25.3 Å². The van der Waals surface area contributed by atoms with Crippen molar-refractivity contribution in [2.24, 2.45) is 11.7 Å². The Bertz CT molecular complexity index is 622. The Morgan fingerprint density at radius 2 is 1.82 bits per heavy atom. The van der Waals surface area contributed by atoms with Crippen LogP contribution in [0.5, 0.6) is 0 Å². The van der Waals surface area contributed by atoms with Crippen molar-refractivity contribution in [2.45, 2.75) is 62.3 Å². The van der Waals surface area contributed by atoms with Gasteiger partial charge in [-0.15, -0.1) is 0 Å². The lowest BCUT2D eigenvalue weighted by Crippen LogP contribution is -2.45. The Morgan fingerprint density at radius 1 is 1.09 bits per heavy atom. The molecule has 2 aliphatic rings. The maximum absolute atomic E-state index is 12.7. The molecule has 0 spiro atoms. The smallest absolute Gasteiger partial charge is 0.240 e. The van der Waals surface area contributed by atoms with Gasteiger partial charge in [-0.3, -0.25) is 0 Å². The minimum Gasteiger partial charge on any atom is -0.329 e. The van der Waals surface area contributed by atoms with Crippen LogP contribution in [-0.4, -0.2) is 21.0 Å². The van der Waals surface area contributed by atoms with Gasteiger partial charge in [0.2, 0.25) is 10.0 Å². The van der Waals surface area contributed by atoms with E-state index in [-0.39, 0.29) is 6.04 Å². The summed E-state index contributed by atoms with van der Waals surface area (Å²) in [6, 6.07) is 5.41. The summed E-state index contributed by atoms with van der Waals surface area (Å²) < 4.78 is 28.2. The van der Waals surface area contributed by atoms with E-state index in [9.17, 15) is 8.42 Å². The largest absolute Gasteiger partial charge is 0.329 e. The normalized spacial score (nSPS) is 20.8. The molecule has 122 valence electrons. The second-order valence-electron chi connectivity index (χ2n) is 6.65. The van der Waals surface area contributed by atoms with Gasteiger partial charge in [0.15, 0.2) is 0 Å². The van der Waals surface area contributed by atoms with Crippen molar-refractivity contribution >= 4 is 10.0 Å². The number of nitrogens with one attached hydrogen (secondary N) is 1. The Balaban J connectivity index is 1.77. The Morgan fingerprint density at radius 3 is 2.55 bits per heavy atom. The first kappa shape index (κ1) is 16.0. The average molecular weight is 322 g/mol. The molecule has 1 atom stereocenters. The quantitative estimate of drug-likeness (QED) is 0.874. The number of benzene rings is 1. The van der Waals surface area contributed by atoms with E-state index in [1.165, 1.54) is 30.4 Å². The van der Waals surface area contributed by atoms with Gasteiger partial charge in [-0.05, 0) is 61.3 Å². The molecule has 1 aromatic carbocycles. The third-order valence-corrected chi connectivity index (χ3v) is 6.65. The highest BCUT2D eigenvalue weighted by Gasteiger charge is 2.28. The first-order valence-corrected chi connectivity index (χ1v) is 9.92. The minimum absolute atomic E-state index is 0.140. The number of rotatable bonds is 5. The van der Waals surface area contributed by atoms with Gasteiger partial charge >= 0.3 is 0 Å². The molecular weight excluding hydrogens is 296 g/mol.